The molecule has 1 N–H and O–H groups in total. The summed E-state index contributed by atoms with van der Waals surface area (Å²) in [6.45, 7) is 3.04. The highest BCUT2D eigenvalue weighted by Gasteiger charge is 2.30. The first kappa shape index (κ1) is 15.8. The molecule has 0 unspecified atom stereocenters. The minimum atomic E-state index is 0.138. The molecule has 3 heterocycles. The predicted octanol–water partition coefficient (Wildman–Crippen LogP) is 3.41. The average Bonchev–Trinajstić information content (AvgIpc) is 3.34. The lowest BCUT2D eigenvalue weighted by atomic mass is 10.0. The minimum Gasteiger partial charge on any atom is -0.349 e. The number of nitrogens with one attached hydrogen (secondary N) is 1. The molecule has 5 heteroatoms. The monoisotopic (exact) mass is 341 g/mol. The molecule has 24 heavy (non-hydrogen) atoms. The number of likely N-dealkylation sites (tertiary alicyclic amines) is 1. The average molecular weight is 341 g/mol. The molecule has 0 atom stereocenters. The normalized spacial score (nSPS) is 19.3. The number of nitrogens with zero attached hydrogens (tertiary/aromatic N) is 2. The number of carbonyl (C=O) groups excluding carboxylic acids is 1. The number of pyridine rings is 1. The van der Waals surface area contributed by atoms with Crippen molar-refractivity contribution in [3.05, 3.63) is 52.0 Å². The van der Waals surface area contributed by atoms with E-state index >= 15 is 0 Å². The van der Waals surface area contributed by atoms with Gasteiger partial charge in [-0.3, -0.25) is 14.7 Å². The van der Waals surface area contributed by atoms with Crippen LogP contribution in [0.25, 0.3) is 0 Å². The lowest BCUT2D eigenvalue weighted by Crippen LogP contribution is -2.44. The number of carbonyl (C=O) groups is 1. The van der Waals surface area contributed by atoms with Crippen LogP contribution in [0.1, 0.15) is 52.4 Å². The van der Waals surface area contributed by atoms with E-state index in [1.54, 1.807) is 11.3 Å². The maximum atomic E-state index is 12.6. The molecule has 1 aliphatic heterocycles. The van der Waals surface area contributed by atoms with E-state index in [2.05, 4.69) is 38.8 Å². The highest BCUT2D eigenvalue weighted by Crippen LogP contribution is 2.43. The molecule has 0 radical (unpaired) electrons. The van der Waals surface area contributed by atoms with Gasteiger partial charge in [0, 0.05) is 38.1 Å². The highest BCUT2D eigenvalue weighted by atomic mass is 32.1. The van der Waals surface area contributed by atoms with Gasteiger partial charge >= 0.3 is 0 Å². The molecule has 1 saturated carbocycles. The first-order valence-electron chi connectivity index (χ1n) is 8.79. The number of hydrogen-bond acceptors (Lipinski definition) is 4. The molecule has 126 valence electrons. The van der Waals surface area contributed by atoms with Crippen LogP contribution < -0.4 is 5.32 Å². The molecule has 2 fully saturated rings. The Labute approximate surface area is 146 Å². The molecule has 2 aromatic heterocycles. The molecule has 1 saturated heterocycles. The second kappa shape index (κ2) is 7.03. The van der Waals surface area contributed by atoms with Gasteiger partial charge in [0.15, 0.2) is 0 Å². The standard InChI is InChI=1S/C19H23N3OS/c23-19(18-17(7-12-24-18)15-1-2-15)21-16-5-10-22(11-6-16)13-14-3-8-20-9-4-14/h3-4,7-9,12,15-16H,1-2,5-6,10-11,13H2,(H,21,23). The van der Waals surface area contributed by atoms with E-state index in [-0.39, 0.29) is 5.91 Å². The molecule has 0 spiro atoms. The fourth-order valence-electron chi connectivity index (χ4n) is 3.45. The third kappa shape index (κ3) is 3.68. The number of aromatic nitrogens is 1. The molecule has 2 aliphatic rings. The molecular formula is C19H23N3OS. The Hall–Kier alpha value is -1.72. The first-order valence-corrected chi connectivity index (χ1v) is 9.67. The van der Waals surface area contributed by atoms with Crippen LogP contribution in [-0.2, 0) is 6.54 Å². The van der Waals surface area contributed by atoms with E-state index in [9.17, 15) is 4.79 Å². The Balaban J connectivity index is 1.28. The Kier molecular flexibility index (Phi) is 4.63. The van der Waals surface area contributed by atoms with Crippen molar-refractivity contribution in [1.82, 2.24) is 15.2 Å². The smallest absolute Gasteiger partial charge is 0.261 e. The SMILES string of the molecule is O=C(NC1CCN(Cc2ccncc2)CC1)c1sccc1C1CC1. The van der Waals surface area contributed by atoms with E-state index in [4.69, 9.17) is 0 Å². The van der Waals surface area contributed by atoms with Crippen LogP contribution in [0.2, 0.25) is 0 Å². The van der Waals surface area contributed by atoms with E-state index < -0.39 is 0 Å². The van der Waals surface area contributed by atoms with Crippen molar-refractivity contribution in [2.75, 3.05) is 13.1 Å². The Bertz CT molecular complexity index is 688. The summed E-state index contributed by atoms with van der Waals surface area (Å²) >= 11 is 1.59. The quantitative estimate of drug-likeness (QED) is 0.906. The number of hydrogen-bond donors (Lipinski definition) is 1. The van der Waals surface area contributed by atoms with Gasteiger partial charge in [0.25, 0.3) is 5.91 Å². The van der Waals surface area contributed by atoms with Crippen molar-refractivity contribution in [2.45, 2.75) is 44.2 Å². The lowest BCUT2D eigenvalue weighted by Gasteiger charge is -2.32. The number of rotatable bonds is 5. The third-order valence-electron chi connectivity index (χ3n) is 5.00. The van der Waals surface area contributed by atoms with Crippen LogP contribution in [-0.4, -0.2) is 34.9 Å². The molecular weight excluding hydrogens is 318 g/mol. The largest absolute Gasteiger partial charge is 0.349 e. The van der Waals surface area contributed by atoms with Gasteiger partial charge in [0.05, 0.1) is 4.88 Å². The lowest BCUT2D eigenvalue weighted by molar-refractivity contribution is 0.0912. The van der Waals surface area contributed by atoms with Gasteiger partial charge in [-0.05, 0) is 66.3 Å². The van der Waals surface area contributed by atoms with Gasteiger partial charge in [-0.25, -0.2) is 0 Å². The molecule has 1 amide bonds. The second-order valence-corrected chi connectivity index (χ2v) is 7.77. The fraction of sp³-hybridized carbons (Fsp3) is 0.474. The van der Waals surface area contributed by atoms with Crippen molar-refractivity contribution < 1.29 is 4.79 Å². The fourth-order valence-corrected chi connectivity index (χ4v) is 4.34. The highest BCUT2D eigenvalue weighted by molar-refractivity contribution is 7.12. The predicted molar refractivity (Wildman–Crippen MR) is 96.3 cm³/mol. The summed E-state index contributed by atoms with van der Waals surface area (Å²) in [4.78, 5) is 20.0. The van der Waals surface area contributed by atoms with Crippen LogP contribution in [0.3, 0.4) is 0 Å². The molecule has 2 aromatic rings. The summed E-state index contributed by atoms with van der Waals surface area (Å²) in [5.41, 5.74) is 2.58. The van der Waals surface area contributed by atoms with Crippen molar-refractivity contribution in [3.63, 3.8) is 0 Å². The molecule has 4 nitrogen and oxygen atoms in total. The maximum Gasteiger partial charge on any atom is 0.261 e. The van der Waals surface area contributed by atoms with Gasteiger partial charge in [-0.1, -0.05) is 0 Å². The Morgan fingerprint density at radius 3 is 2.62 bits per heavy atom. The third-order valence-corrected chi connectivity index (χ3v) is 5.93. The minimum absolute atomic E-state index is 0.138. The first-order chi connectivity index (χ1) is 11.8. The van der Waals surface area contributed by atoms with Crippen LogP contribution in [0.4, 0.5) is 0 Å². The van der Waals surface area contributed by atoms with Gasteiger partial charge in [-0.2, -0.15) is 0 Å². The summed E-state index contributed by atoms with van der Waals surface area (Å²) in [5, 5.41) is 5.32. The molecule has 0 aromatic carbocycles. The summed E-state index contributed by atoms with van der Waals surface area (Å²) in [7, 11) is 0. The summed E-state index contributed by atoms with van der Waals surface area (Å²) in [5.74, 6) is 0.777. The van der Waals surface area contributed by atoms with E-state index in [0.717, 1.165) is 37.4 Å². The van der Waals surface area contributed by atoms with Crippen molar-refractivity contribution in [2.24, 2.45) is 0 Å². The van der Waals surface area contributed by atoms with Crippen molar-refractivity contribution >= 4 is 17.2 Å². The van der Waals surface area contributed by atoms with Gasteiger partial charge in [-0.15, -0.1) is 11.3 Å². The zero-order valence-corrected chi connectivity index (χ0v) is 14.6. The summed E-state index contributed by atoms with van der Waals surface area (Å²) in [6.07, 6.45) is 8.23. The maximum absolute atomic E-state index is 12.6. The van der Waals surface area contributed by atoms with Gasteiger partial charge < -0.3 is 5.32 Å². The van der Waals surface area contributed by atoms with Crippen LogP contribution in [0, 0.1) is 0 Å². The van der Waals surface area contributed by atoms with E-state index in [1.807, 2.05) is 12.4 Å². The Morgan fingerprint density at radius 2 is 1.92 bits per heavy atom. The van der Waals surface area contributed by atoms with Gasteiger partial charge in [0.2, 0.25) is 0 Å². The number of piperidine rings is 1. The molecule has 4 rings (SSSR count). The Morgan fingerprint density at radius 1 is 1.17 bits per heavy atom. The summed E-state index contributed by atoms with van der Waals surface area (Å²) < 4.78 is 0. The van der Waals surface area contributed by atoms with E-state index in [0.29, 0.717) is 12.0 Å². The van der Waals surface area contributed by atoms with Crippen LogP contribution in [0.5, 0.6) is 0 Å². The summed E-state index contributed by atoms with van der Waals surface area (Å²) in [6, 6.07) is 6.59. The zero-order chi connectivity index (χ0) is 16.4. The zero-order valence-electron chi connectivity index (χ0n) is 13.8. The van der Waals surface area contributed by atoms with Crippen LogP contribution >= 0.6 is 11.3 Å². The van der Waals surface area contributed by atoms with E-state index in [1.165, 1.54) is 24.0 Å². The number of amides is 1. The number of thiophene rings is 1. The molecule has 1 aliphatic carbocycles. The van der Waals surface area contributed by atoms with Crippen molar-refractivity contribution in [1.29, 1.82) is 0 Å². The molecule has 0 bridgehead atoms. The topological polar surface area (TPSA) is 45.2 Å². The second-order valence-electron chi connectivity index (χ2n) is 6.86. The van der Waals surface area contributed by atoms with Crippen molar-refractivity contribution in [3.8, 4) is 0 Å². The van der Waals surface area contributed by atoms with Crippen LogP contribution in [0.15, 0.2) is 36.0 Å². The van der Waals surface area contributed by atoms with Gasteiger partial charge in [0.1, 0.15) is 0 Å².